The van der Waals surface area contributed by atoms with Crippen molar-refractivity contribution in [1.82, 2.24) is 15.0 Å². The Kier molecular flexibility index (Phi) is 15.6. The second-order valence-corrected chi connectivity index (χ2v) is 10.4. The quantitative estimate of drug-likeness (QED) is 0.205. The van der Waals surface area contributed by atoms with E-state index in [2.05, 4.69) is 36.3 Å². The normalized spacial score (nSPS) is 16.8. The number of hydrogen-bond donors (Lipinski definition) is 2. The summed E-state index contributed by atoms with van der Waals surface area (Å²) in [5.74, 6) is 0. The van der Waals surface area contributed by atoms with Gasteiger partial charge in [0.1, 0.15) is 15.2 Å². The largest absolute Gasteiger partial charge is 1.00 e. The van der Waals surface area contributed by atoms with Crippen molar-refractivity contribution in [2.45, 2.75) is 58.4 Å². The van der Waals surface area contributed by atoms with Gasteiger partial charge < -0.3 is 28.7 Å². The van der Waals surface area contributed by atoms with E-state index in [0.717, 1.165) is 12.8 Å². The predicted molar refractivity (Wildman–Crippen MR) is 94.2 cm³/mol. The fraction of sp³-hybridized carbons (Fsp3) is 0.600. The van der Waals surface area contributed by atoms with E-state index in [1.54, 1.807) is 0 Å². The van der Waals surface area contributed by atoms with Gasteiger partial charge in [-0.3, -0.25) is 4.68 Å². The molecule has 0 amide bonds. The Hall–Kier alpha value is 0.920. The Morgan fingerprint density at radius 3 is 2.21 bits per heavy atom. The van der Waals surface area contributed by atoms with Crippen LogP contribution < -0.4 is 68.9 Å². The molecule has 2 atom stereocenters. The van der Waals surface area contributed by atoms with Crippen LogP contribution in [0.3, 0.4) is 0 Å². The summed E-state index contributed by atoms with van der Waals surface area (Å²) in [5, 5.41) is 5.17. The molecule has 0 fully saturated rings. The number of rotatable bonds is 10. The zero-order valence-corrected chi connectivity index (χ0v) is 22.9. The first-order valence-electron chi connectivity index (χ1n) is 8.14. The van der Waals surface area contributed by atoms with E-state index < -0.39 is 27.0 Å². The summed E-state index contributed by atoms with van der Waals surface area (Å²) >= 11 is 0. The van der Waals surface area contributed by atoms with Crippen LogP contribution in [0.25, 0.3) is 0 Å². The second-order valence-electron chi connectivity index (χ2n) is 6.45. The van der Waals surface area contributed by atoms with E-state index in [1.807, 2.05) is 6.92 Å². The second kappa shape index (κ2) is 14.1. The first-order valence-corrected chi connectivity index (χ1v) is 11.4. The Balaban J connectivity index is 0. The molecule has 2 unspecified atom stereocenters. The molecular formula is C15H25N3Na2O6P2. The summed E-state index contributed by atoms with van der Waals surface area (Å²) in [5.41, 5.74) is 2.57. The fourth-order valence-corrected chi connectivity index (χ4v) is 4.59. The van der Waals surface area contributed by atoms with Gasteiger partial charge in [-0.15, -0.1) is 5.10 Å². The molecule has 9 nitrogen and oxygen atoms in total. The molecule has 1 aromatic rings. The van der Waals surface area contributed by atoms with Crippen LogP contribution in [0, 0.1) is 0 Å². The van der Waals surface area contributed by atoms with E-state index in [1.165, 1.54) is 22.0 Å². The van der Waals surface area contributed by atoms with Crippen molar-refractivity contribution in [3.05, 3.63) is 35.2 Å². The zero-order valence-electron chi connectivity index (χ0n) is 17.1. The molecule has 1 heterocycles. The Bertz CT molecular complexity index is 731. The first-order chi connectivity index (χ1) is 11.9. The van der Waals surface area contributed by atoms with Crippen LogP contribution in [0.2, 0.25) is 0 Å². The summed E-state index contributed by atoms with van der Waals surface area (Å²) in [4.78, 5) is 40.3. The van der Waals surface area contributed by atoms with Gasteiger partial charge in [-0.05, 0) is 40.0 Å². The summed E-state index contributed by atoms with van der Waals surface area (Å²) in [6.45, 7) is 6.63. The maximum atomic E-state index is 11.1. The van der Waals surface area contributed by atoms with E-state index in [0.29, 0.717) is 13.0 Å². The molecule has 0 radical (unpaired) electrons. The smallest absolute Gasteiger partial charge is 0.778 e. The third-order valence-electron chi connectivity index (χ3n) is 3.67. The van der Waals surface area contributed by atoms with Gasteiger partial charge in [-0.25, -0.2) is 0 Å². The number of aryl methyl sites for hydroxylation is 1. The Labute approximate surface area is 210 Å². The van der Waals surface area contributed by atoms with Gasteiger partial charge in [0.05, 0.1) is 11.1 Å². The number of nitrogens with zero attached hydrogens (tertiary/aromatic N) is 3. The fourth-order valence-electron chi connectivity index (χ4n) is 2.28. The molecule has 0 bridgehead atoms. The minimum atomic E-state index is -5.27. The molecule has 0 saturated heterocycles. The van der Waals surface area contributed by atoms with Gasteiger partial charge in [-0.2, -0.15) is 0 Å². The van der Waals surface area contributed by atoms with Gasteiger partial charge in [0.15, 0.2) is 0 Å². The molecule has 1 rings (SSSR count). The maximum Gasteiger partial charge on any atom is 1.00 e. The van der Waals surface area contributed by atoms with E-state index in [9.17, 15) is 18.9 Å². The average Bonchev–Trinajstić information content (AvgIpc) is 2.89. The molecule has 0 aliphatic carbocycles. The van der Waals surface area contributed by atoms with Crippen molar-refractivity contribution < 1.29 is 87.8 Å². The van der Waals surface area contributed by atoms with Gasteiger partial charge in [-0.1, -0.05) is 28.5 Å². The molecule has 0 aliphatic rings. The SMILES string of the molecule is CC(C)=CCC/C(C)=C/CCn1cc(CC(P(=O)([O-])O)P(=O)([O-])O)nn1.[Na+].[Na+]. The summed E-state index contributed by atoms with van der Waals surface area (Å²) in [7, 11) is -10.5. The third-order valence-corrected chi connectivity index (χ3v) is 7.30. The van der Waals surface area contributed by atoms with Crippen molar-refractivity contribution in [3.8, 4) is 0 Å². The van der Waals surface area contributed by atoms with Crippen LogP contribution in [0.5, 0.6) is 0 Å². The van der Waals surface area contributed by atoms with Crippen LogP contribution in [0.4, 0.5) is 0 Å². The van der Waals surface area contributed by atoms with E-state index in [4.69, 9.17) is 9.79 Å². The van der Waals surface area contributed by atoms with Gasteiger partial charge in [0.25, 0.3) is 0 Å². The molecule has 2 N–H and O–H groups in total. The topological polar surface area (TPSA) is 151 Å². The van der Waals surface area contributed by atoms with Crippen molar-refractivity contribution in [3.63, 3.8) is 0 Å². The molecule has 0 aliphatic heterocycles. The van der Waals surface area contributed by atoms with Crippen molar-refractivity contribution in [2.75, 3.05) is 0 Å². The zero-order chi connectivity index (χ0) is 20.0. The summed E-state index contributed by atoms with van der Waals surface area (Å²) in [6, 6.07) is 0. The summed E-state index contributed by atoms with van der Waals surface area (Å²) < 4.78 is 23.7. The monoisotopic (exact) mass is 451 g/mol. The Morgan fingerprint density at radius 1 is 1.14 bits per heavy atom. The van der Waals surface area contributed by atoms with Crippen molar-refractivity contribution in [1.29, 1.82) is 0 Å². The molecule has 28 heavy (non-hydrogen) atoms. The number of hydrogen-bond acceptors (Lipinski definition) is 6. The van der Waals surface area contributed by atoms with Crippen LogP contribution in [-0.4, -0.2) is 30.2 Å². The molecular weight excluding hydrogens is 426 g/mol. The predicted octanol–water partition coefficient (Wildman–Crippen LogP) is -4.67. The minimum Gasteiger partial charge on any atom is -0.778 e. The van der Waals surface area contributed by atoms with E-state index in [-0.39, 0.29) is 64.8 Å². The summed E-state index contributed by atoms with van der Waals surface area (Å²) in [6.07, 6.45) is 7.60. The molecule has 13 heteroatoms. The van der Waals surface area contributed by atoms with Gasteiger partial charge in [0, 0.05) is 19.2 Å². The van der Waals surface area contributed by atoms with Crippen LogP contribution in [0.15, 0.2) is 29.5 Å². The Morgan fingerprint density at radius 2 is 1.71 bits per heavy atom. The van der Waals surface area contributed by atoms with E-state index >= 15 is 0 Å². The molecule has 148 valence electrons. The van der Waals surface area contributed by atoms with Crippen LogP contribution in [-0.2, 0) is 22.1 Å². The molecule has 0 aromatic carbocycles. The average molecular weight is 451 g/mol. The maximum absolute atomic E-state index is 11.1. The van der Waals surface area contributed by atoms with Gasteiger partial charge in [0.2, 0.25) is 0 Å². The van der Waals surface area contributed by atoms with Gasteiger partial charge >= 0.3 is 59.1 Å². The number of allylic oxidation sites excluding steroid dienone is 4. The molecule has 0 spiro atoms. The van der Waals surface area contributed by atoms with Crippen LogP contribution in [0.1, 0.15) is 45.7 Å². The minimum absolute atomic E-state index is 0. The number of aromatic nitrogens is 3. The third kappa shape index (κ3) is 12.6. The first kappa shape index (κ1) is 31.1. The molecule has 0 saturated carbocycles. The molecule has 1 aromatic heterocycles. The standard InChI is InChI=1S/C15H27N3O6P2.2Na/c1-12(2)6-4-7-13(3)8-5-9-18-11-14(16-17-18)10-15(25(19,20)21)26(22,23)24;;/h6,8,11,15H,4-5,7,9-10H2,1-3H3,(H2,19,20,21)(H2,22,23,24);;/q;2*+1/p-2/b13-8+;;. The van der Waals surface area contributed by atoms with Crippen LogP contribution >= 0.6 is 15.2 Å². The van der Waals surface area contributed by atoms with Crippen molar-refractivity contribution in [2.24, 2.45) is 0 Å². The van der Waals surface area contributed by atoms with Crippen molar-refractivity contribution >= 4 is 15.2 Å².